The highest BCUT2D eigenvalue weighted by Crippen LogP contribution is 2.39. The minimum Gasteiger partial charge on any atom is -0.445 e. The number of carbonyl (C=O) groups is 3. The van der Waals surface area contributed by atoms with Gasteiger partial charge in [-0.15, -0.1) is 0 Å². The van der Waals surface area contributed by atoms with E-state index in [0.29, 0.717) is 0 Å². The number of carbonyl (C=O) groups excluding carboxylic acids is 3. The van der Waals surface area contributed by atoms with E-state index >= 15 is 0 Å². The SMILES string of the molecule is CCCCCCCCN(CCCCCCCC)C[C@H]1C[C@@H](c2ccc(CO)cc2)O[C@@H](c2ccc(-c3cccc(CN4C(=O)CC(NC(=O)OCc5ccccc5)C4=O)c3)cc2)O1. The van der Waals surface area contributed by atoms with Crippen LogP contribution in [-0.2, 0) is 43.6 Å². The number of nitrogens with one attached hydrogen (secondary N) is 1. The van der Waals surface area contributed by atoms with Crippen molar-refractivity contribution in [2.75, 3.05) is 19.6 Å². The van der Waals surface area contributed by atoms with Crippen molar-refractivity contribution in [3.8, 4) is 11.1 Å². The van der Waals surface area contributed by atoms with E-state index in [0.717, 1.165) is 65.0 Å². The number of aliphatic hydroxyl groups excluding tert-OH is 1. The number of imide groups is 1. The maximum Gasteiger partial charge on any atom is 0.408 e. The van der Waals surface area contributed by atoms with Crippen molar-refractivity contribution in [1.29, 1.82) is 0 Å². The number of benzene rings is 4. The second kappa shape index (κ2) is 25.4. The Morgan fingerprint density at radius 2 is 1.35 bits per heavy atom. The maximum atomic E-state index is 13.3. The number of ether oxygens (including phenoxy) is 3. The average Bonchev–Trinajstić information content (AvgIpc) is 3.57. The molecule has 2 heterocycles. The Morgan fingerprint density at radius 3 is 2.02 bits per heavy atom. The number of rotatable bonds is 25. The first kappa shape index (κ1) is 47.6. The molecule has 2 N–H and O–H groups in total. The summed E-state index contributed by atoms with van der Waals surface area (Å²) in [6.45, 7) is 7.72. The first-order valence-electron chi connectivity index (χ1n) is 23.6. The molecule has 2 aliphatic heterocycles. The van der Waals surface area contributed by atoms with Crippen molar-refractivity contribution >= 4 is 17.9 Å². The van der Waals surface area contributed by atoms with Crippen molar-refractivity contribution in [2.45, 2.75) is 148 Å². The molecule has 10 heteroatoms. The van der Waals surface area contributed by atoms with Crippen LogP contribution in [0.15, 0.2) is 103 Å². The summed E-state index contributed by atoms with van der Waals surface area (Å²) in [6.07, 6.45) is 14.5. The fourth-order valence-electron chi connectivity index (χ4n) is 8.58. The number of aliphatic hydroxyl groups is 1. The van der Waals surface area contributed by atoms with Crippen LogP contribution in [0.3, 0.4) is 0 Å². The molecule has 6 rings (SSSR count). The third-order valence-electron chi connectivity index (χ3n) is 12.3. The fraction of sp³-hybridized carbons (Fsp3) is 0.491. The van der Waals surface area contributed by atoms with Gasteiger partial charge in [-0.3, -0.25) is 14.5 Å². The van der Waals surface area contributed by atoms with Gasteiger partial charge in [0.25, 0.3) is 5.91 Å². The van der Waals surface area contributed by atoms with Gasteiger partial charge in [0, 0.05) is 18.5 Å². The Labute approximate surface area is 375 Å². The van der Waals surface area contributed by atoms with Crippen LogP contribution in [0.25, 0.3) is 11.1 Å². The van der Waals surface area contributed by atoms with Gasteiger partial charge in [0.1, 0.15) is 12.6 Å². The summed E-state index contributed by atoms with van der Waals surface area (Å²) >= 11 is 0. The van der Waals surface area contributed by atoms with E-state index in [-0.39, 0.29) is 44.3 Å². The summed E-state index contributed by atoms with van der Waals surface area (Å²) in [5.41, 5.74) is 6.44. The maximum absolute atomic E-state index is 13.3. The number of hydrogen-bond donors (Lipinski definition) is 2. The second-order valence-electron chi connectivity index (χ2n) is 17.3. The Hall–Kier alpha value is -4.87. The highest BCUT2D eigenvalue weighted by atomic mass is 16.7. The van der Waals surface area contributed by atoms with Crippen LogP contribution >= 0.6 is 0 Å². The summed E-state index contributed by atoms with van der Waals surface area (Å²) in [7, 11) is 0. The van der Waals surface area contributed by atoms with Crippen LogP contribution in [0, 0.1) is 0 Å². The van der Waals surface area contributed by atoms with Gasteiger partial charge in [-0.2, -0.15) is 0 Å². The Bertz CT molecular complexity index is 1970. The molecular weight excluding hydrogens is 791 g/mol. The predicted molar refractivity (Wildman–Crippen MR) is 247 cm³/mol. The van der Waals surface area contributed by atoms with Gasteiger partial charge >= 0.3 is 6.09 Å². The molecule has 0 aliphatic carbocycles. The molecule has 4 aromatic rings. The Balaban J connectivity index is 1.10. The Morgan fingerprint density at radius 1 is 0.714 bits per heavy atom. The highest BCUT2D eigenvalue weighted by molar-refractivity contribution is 6.06. The summed E-state index contributed by atoms with van der Waals surface area (Å²) in [4.78, 5) is 42.6. The molecular formula is C53H69N3O7. The van der Waals surface area contributed by atoms with Gasteiger partial charge in [-0.1, -0.05) is 175 Å². The molecule has 0 spiro atoms. The van der Waals surface area contributed by atoms with Crippen molar-refractivity contribution in [3.05, 3.63) is 131 Å². The minimum atomic E-state index is -0.969. The fourth-order valence-corrected chi connectivity index (χ4v) is 8.58. The summed E-state index contributed by atoms with van der Waals surface area (Å²) in [5.74, 6) is -0.794. The van der Waals surface area contributed by atoms with Crippen LogP contribution in [0.1, 0.15) is 144 Å². The lowest BCUT2D eigenvalue weighted by Gasteiger charge is -2.38. The molecule has 0 radical (unpaired) electrons. The molecule has 4 atom stereocenters. The molecule has 338 valence electrons. The topological polar surface area (TPSA) is 118 Å². The lowest BCUT2D eigenvalue weighted by atomic mass is 9.98. The van der Waals surface area contributed by atoms with Crippen molar-refractivity contribution in [2.24, 2.45) is 0 Å². The molecule has 0 aromatic heterocycles. The normalized spacial score (nSPS) is 18.9. The van der Waals surface area contributed by atoms with E-state index in [1.54, 1.807) is 0 Å². The average molecular weight is 860 g/mol. The Kier molecular flexibility index (Phi) is 19.2. The molecule has 4 aromatic carbocycles. The van der Waals surface area contributed by atoms with Crippen LogP contribution in [0.5, 0.6) is 0 Å². The van der Waals surface area contributed by atoms with Gasteiger partial charge < -0.3 is 29.5 Å². The summed E-state index contributed by atoms with van der Waals surface area (Å²) in [6, 6.07) is 32.4. The third kappa shape index (κ3) is 14.9. The van der Waals surface area contributed by atoms with Crippen LogP contribution in [0.4, 0.5) is 4.79 Å². The number of amides is 3. The van der Waals surface area contributed by atoms with Gasteiger partial charge in [-0.25, -0.2) is 4.79 Å². The van der Waals surface area contributed by atoms with E-state index in [2.05, 4.69) is 60.5 Å². The number of unbranched alkanes of at least 4 members (excludes halogenated alkanes) is 10. The predicted octanol–water partition coefficient (Wildman–Crippen LogP) is 11.0. The van der Waals surface area contributed by atoms with E-state index in [9.17, 15) is 19.5 Å². The second-order valence-corrected chi connectivity index (χ2v) is 17.3. The lowest BCUT2D eigenvalue weighted by Crippen LogP contribution is -2.41. The highest BCUT2D eigenvalue weighted by Gasteiger charge is 2.40. The van der Waals surface area contributed by atoms with Gasteiger partial charge in [0.15, 0.2) is 6.29 Å². The smallest absolute Gasteiger partial charge is 0.408 e. The molecule has 2 fully saturated rings. The molecule has 3 amide bonds. The molecule has 0 bridgehead atoms. The molecule has 0 saturated carbocycles. The van der Waals surface area contributed by atoms with E-state index in [4.69, 9.17) is 14.2 Å². The molecule has 2 saturated heterocycles. The first-order valence-corrected chi connectivity index (χ1v) is 23.6. The van der Waals surface area contributed by atoms with Crippen molar-refractivity contribution < 1.29 is 33.7 Å². The summed E-state index contributed by atoms with van der Waals surface area (Å²) in [5, 5.41) is 12.3. The summed E-state index contributed by atoms with van der Waals surface area (Å²) < 4.78 is 18.9. The van der Waals surface area contributed by atoms with E-state index in [1.807, 2.05) is 66.7 Å². The molecule has 1 unspecified atom stereocenters. The zero-order valence-electron chi connectivity index (χ0n) is 37.6. The monoisotopic (exact) mass is 860 g/mol. The molecule has 10 nitrogen and oxygen atoms in total. The lowest BCUT2D eigenvalue weighted by molar-refractivity contribution is -0.253. The largest absolute Gasteiger partial charge is 0.445 e. The quantitative estimate of drug-likeness (QED) is 0.0500. The number of alkyl carbamates (subject to hydrolysis) is 1. The van der Waals surface area contributed by atoms with Crippen molar-refractivity contribution in [3.63, 3.8) is 0 Å². The number of likely N-dealkylation sites (tertiary alicyclic amines) is 1. The van der Waals surface area contributed by atoms with Gasteiger partial charge in [-0.05, 0) is 65.4 Å². The number of hydrogen-bond acceptors (Lipinski definition) is 8. The zero-order chi connectivity index (χ0) is 44.2. The zero-order valence-corrected chi connectivity index (χ0v) is 37.6. The van der Waals surface area contributed by atoms with Gasteiger partial charge in [0.05, 0.1) is 31.8 Å². The standard InChI is InChI=1S/C53H69N3O7/c1-3-5-7-9-11-16-31-55(32-17-12-10-8-6-4-2)37-47-34-49(44-25-23-40(38-57)24-26-44)63-52(62-47)45-29-27-43(28-30-45)46-22-18-21-42(33-46)36-56-50(58)35-48(51(56)59)54-53(60)61-39-41-19-14-13-15-20-41/h13-15,18-30,33,47-49,52,57H,3-12,16-17,31-32,34-39H2,1-2H3,(H,54,60)/t47-,48?,49+,52+/m1/s1. The molecule has 63 heavy (non-hydrogen) atoms. The first-order chi connectivity index (χ1) is 30.8. The van der Waals surface area contributed by atoms with Gasteiger partial charge in [0.2, 0.25) is 5.91 Å². The van der Waals surface area contributed by atoms with Crippen LogP contribution in [0.2, 0.25) is 0 Å². The van der Waals surface area contributed by atoms with Crippen LogP contribution in [-0.4, -0.2) is 64.6 Å². The minimum absolute atomic E-state index is 0.00162. The third-order valence-corrected chi connectivity index (χ3v) is 12.3. The van der Waals surface area contributed by atoms with E-state index < -0.39 is 24.3 Å². The number of nitrogens with zero attached hydrogens (tertiary/aromatic N) is 2. The van der Waals surface area contributed by atoms with Crippen molar-refractivity contribution in [1.82, 2.24) is 15.1 Å². The molecule has 2 aliphatic rings. The van der Waals surface area contributed by atoms with E-state index in [1.165, 1.54) is 81.9 Å². The van der Waals surface area contributed by atoms with Crippen LogP contribution < -0.4 is 5.32 Å².